The highest BCUT2D eigenvalue weighted by atomic mass is 16.2. The molecule has 1 aromatic heterocycles. The van der Waals surface area contributed by atoms with Crippen molar-refractivity contribution in [3.05, 3.63) is 30.0 Å². The number of hydrogen-bond donors (Lipinski definition) is 1. The summed E-state index contributed by atoms with van der Waals surface area (Å²) in [7, 11) is 1.87. The Labute approximate surface area is 147 Å². The van der Waals surface area contributed by atoms with E-state index in [-0.39, 0.29) is 11.8 Å². The van der Waals surface area contributed by atoms with E-state index < -0.39 is 6.04 Å². The van der Waals surface area contributed by atoms with Crippen LogP contribution in [0.2, 0.25) is 0 Å². The van der Waals surface area contributed by atoms with Gasteiger partial charge in [-0.3, -0.25) is 14.3 Å². The smallest absolute Gasteiger partial charge is 0.251 e. The number of aromatic nitrogens is 2. The molecule has 25 heavy (non-hydrogen) atoms. The normalized spacial score (nSPS) is 19.8. The molecule has 1 spiro atoms. The molecule has 1 N–H and O–H groups in total. The minimum absolute atomic E-state index is 0.0197. The standard InChI is InChI=1S/C19H24N4O2/c1-13(18(25)23-9-7-19(5-6-19)8-10-23)21-17(24)14-3-4-16-15(11-14)12-20-22(16)2/h3-4,11-13H,5-10H2,1-2H3,(H,21,24)/t13-/m0/s1. The van der Waals surface area contributed by atoms with Crippen molar-refractivity contribution in [2.45, 2.75) is 38.6 Å². The van der Waals surface area contributed by atoms with Gasteiger partial charge in [-0.2, -0.15) is 5.10 Å². The van der Waals surface area contributed by atoms with E-state index in [1.807, 2.05) is 24.1 Å². The Balaban J connectivity index is 1.39. The molecule has 1 aromatic carbocycles. The monoisotopic (exact) mass is 340 g/mol. The maximum atomic E-state index is 12.6. The van der Waals surface area contributed by atoms with E-state index in [1.54, 1.807) is 23.9 Å². The molecule has 1 saturated carbocycles. The lowest BCUT2D eigenvalue weighted by Gasteiger charge is -2.33. The van der Waals surface area contributed by atoms with Gasteiger partial charge in [-0.25, -0.2) is 0 Å². The van der Waals surface area contributed by atoms with Crippen LogP contribution >= 0.6 is 0 Å². The second-order valence-electron chi connectivity index (χ2n) is 7.56. The Kier molecular flexibility index (Phi) is 3.78. The van der Waals surface area contributed by atoms with Gasteiger partial charge in [0.1, 0.15) is 6.04 Å². The van der Waals surface area contributed by atoms with Gasteiger partial charge < -0.3 is 10.2 Å². The first kappa shape index (κ1) is 16.1. The lowest BCUT2D eigenvalue weighted by atomic mass is 9.93. The summed E-state index contributed by atoms with van der Waals surface area (Å²) in [5, 5.41) is 7.95. The second kappa shape index (κ2) is 5.86. The zero-order chi connectivity index (χ0) is 17.6. The van der Waals surface area contributed by atoms with Gasteiger partial charge in [0.05, 0.1) is 11.7 Å². The third kappa shape index (κ3) is 3.01. The van der Waals surface area contributed by atoms with E-state index in [0.717, 1.165) is 36.8 Å². The van der Waals surface area contributed by atoms with Crippen LogP contribution in [-0.4, -0.2) is 45.6 Å². The number of carbonyl (C=O) groups excluding carboxylic acids is 2. The molecule has 4 rings (SSSR count). The van der Waals surface area contributed by atoms with Crippen molar-refractivity contribution in [1.29, 1.82) is 0 Å². The van der Waals surface area contributed by atoms with Gasteiger partial charge in [-0.05, 0) is 56.2 Å². The molecule has 2 fully saturated rings. The largest absolute Gasteiger partial charge is 0.341 e. The molecule has 1 saturated heterocycles. The van der Waals surface area contributed by atoms with Crippen molar-refractivity contribution in [2.24, 2.45) is 12.5 Å². The summed E-state index contributed by atoms with van der Waals surface area (Å²) in [4.78, 5) is 27.0. The molecule has 132 valence electrons. The maximum absolute atomic E-state index is 12.6. The maximum Gasteiger partial charge on any atom is 0.251 e. The third-order valence-corrected chi connectivity index (χ3v) is 5.82. The Morgan fingerprint density at radius 1 is 1.20 bits per heavy atom. The first-order valence-corrected chi connectivity index (χ1v) is 8.99. The van der Waals surface area contributed by atoms with Gasteiger partial charge in [-0.1, -0.05) is 0 Å². The molecule has 1 aliphatic heterocycles. The number of aryl methyl sites for hydroxylation is 1. The molecule has 2 aliphatic rings. The molecule has 0 bridgehead atoms. The highest BCUT2D eigenvalue weighted by Crippen LogP contribution is 2.53. The van der Waals surface area contributed by atoms with E-state index in [4.69, 9.17) is 0 Å². The quantitative estimate of drug-likeness (QED) is 0.930. The average molecular weight is 340 g/mol. The lowest BCUT2D eigenvalue weighted by molar-refractivity contribution is -0.134. The van der Waals surface area contributed by atoms with Crippen LogP contribution in [0.4, 0.5) is 0 Å². The van der Waals surface area contributed by atoms with Crippen molar-refractivity contribution in [1.82, 2.24) is 20.0 Å². The number of rotatable bonds is 3. The van der Waals surface area contributed by atoms with Crippen molar-refractivity contribution in [3.63, 3.8) is 0 Å². The minimum atomic E-state index is -0.509. The van der Waals surface area contributed by atoms with E-state index in [9.17, 15) is 9.59 Å². The number of carbonyl (C=O) groups is 2. The van der Waals surface area contributed by atoms with Gasteiger partial charge >= 0.3 is 0 Å². The summed E-state index contributed by atoms with van der Waals surface area (Å²) in [6, 6.07) is 4.95. The predicted octanol–water partition coefficient (Wildman–Crippen LogP) is 2.09. The SMILES string of the molecule is C[C@H](NC(=O)c1ccc2c(cnn2C)c1)C(=O)N1CCC2(CC1)CC2. The molecule has 1 aliphatic carbocycles. The highest BCUT2D eigenvalue weighted by Gasteiger charge is 2.45. The molecular formula is C19H24N4O2. The van der Waals surface area contributed by atoms with Gasteiger partial charge in [0.15, 0.2) is 0 Å². The fourth-order valence-electron chi connectivity index (χ4n) is 3.80. The van der Waals surface area contributed by atoms with Crippen LogP contribution in [-0.2, 0) is 11.8 Å². The molecule has 6 heteroatoms. The van der Waals surface area contributed by atoms with Crippen LogP contribution in [0.1, 0.15) is 43.0 Å². The van der Waals surface area contributed by atoms with Gasteiger partial charge in [0.2, 0.25) is 5.91 Å². The molecule has 0 radical (unpaired) electrons. The van der Waals surface area contributed by atoms with E-state index in [0.29, 0.717) is 11.0 Å². The summed E-state index contributed by atoms with van der Waals surface area (Å²) in [5.74, 6) is -0.200. The number of nitrogens with zero attached hydrogens (tertiary/aromatic N) is 3. The van der Waals surface area contributed by atoms with Gasteiger partial charge in [0.25, 0.3) is 5.91 Å². The fraction of sp³-hybridized carbons (Fsp3) is 0.526. The first-order valence-electron chi connectivity index (χ1n) is 8.99. The Morgan fingerprint density at radius 3 is 2.60 bits per heavy atom. The molecule has 1 atom stereocenters. The number of hydrogen-bond acceptors (Lipinski definition) is 3. The minimum Gasteiger partial charge on any atom is -0.341 e. The summed E-state index contributed by atoms with van der Waals surface area (Å²) >= 11 is 0. The molecule has 2 aromatic rings. The van der Waals surface area contributed by atoms with Crippen LogP contribution < -0.4 is 5.32 Å². The van der Waals surface area contributed by atoms with Crippen LogP contribution in [0.3, 0.4) is 0 Å². The van der Waals surface area contributed by atoms with E-state index in [2.05, 4.69) is 10.4 Å². The molecule has 6 nitrogen and oxygen atoms in total. The Morgan fingerprint density at radius 2 is 1.92 bits per heavy atom. The second-order valence-corrected chi connectivity index (χ2v) is 7.56. The van der Waals surface area contributed by atoms with E-state index >= 15 is 0 Å². The van der Waals surface area contributed by atoms with Crippen molar-refractivity contribution in [3.8, 4) is 0 Å². The van der Waals surface area contributed by atoms with Crippen molar-refractivity contribution < 1.29 is 9.59 Å². The lowest BCUT2D eigenvalue weighted by Crippen LogP contribution is -2.49. The van der Waals surface area contributed by atoms with E-state index in [1.165, 1.54) is 12.8 Å². The van der Waals surface area contributed by atoms with Crippen LogP contribution in [0, 0.1) is 5.41 Å². The molecule has 2 heterocycles. The number of piperidine rings is 1. The van der Waals surface area contributed by atoms with Crippen LogP contribution in [0.15, 0.2) is 24.4 Å². The number of amides is 2. The highest BCUT2D eigenvalue weighted by molar-refractivity contribution is 6.00. The number of nitrogens with one attached hydrogen (secondary N) is 1. The van der Waals surface area contributed by atoms with Crippen molar-refractivity contribution in [2.75, 3.05) is 13.1 Å². The number of likely N-dealkylation sites (tertiary alicyclic amines) is 1. The zero-order valence-electron chi connectivity index (χ0n) is 14.8. The molecule has 0 unspecified atom stereocenters. The van der Waals surface area contributed by atoms with Crippen LogP contribution in [0.5, 0.6) is 0 Å². The average Bonchev–Trinajstić information content (AvgIpc) is 3.27. The fourth-order valence-corrected chi connectivity index (χ4v) is 3.80. The van der Waals surface area contributed by atoms with Gasteiger partial charge in [0, 0.05) is 31.1 Å². The topological polar surface area (TPSA) is 67.2 Å². The Hall–Kier alpha value is -2.37. The first-order chi connectivity index (χ1) is 12.0. The molecular weight excluding hydrogens is 316 g/mol. The van der Waals surface area contributed by atoms with Gasteiger partial charge in [-0.15, -0.1) is 0 Å². The molecule has 2 amide bonds. The number of benzene rings is 1. The zero-order valence-corrected chi connectivity index (χ0v) is 14.8. The summed E-state index contributed by atoms with van der Waals surface area (Å²) in [6.45, 7) is 3.41. The number of fused-ring (bicyclic) bond motifs is 1. The predicted molar refractivity (Wildman–Crippen MR) is 95.1 cm³/mol. The summed E-state index contributed by atoms with van der Waals surface area (Å²) in [5.41, 5.74) is 2.07. The third-order valence-electron chi connectivity index (χ3n) is 5.82. The van der Waals surface area contributed by atoms with Crippen molar-refractivity contribution >= 4 is 22.7 Å². The summed E-state index contributed by atoms with van der Waals surface area (Å²) < 4.78 is 1.77. The van der Waals surface area contributed by atoms with Crippen LogP contribution in [0.25, 0.3) is 10.9 Å². The Bertz CT molecular complexity index is 827. The summed E-state index contributed by atoms with van der Waals surface area (Å²) in [6.07, 6.45) is 6.59.